The predicted octanol–water partition coefficient (Wildman–Crippen LogP) is 1.33. The van der Waals surface area contributed by atoms with Crippen LogP contribution in [-0.2, 0) is 10.0 Å². The molecular formula is C10H19F3N2O2S. The zero-order valence-corrected chi connectivity index (χ0v) is 11.1. The zero-order chi connectivity index (χ0) is 14.0. The van der Waals surface area contributed by atoms with Gasteiger partial charge in [-0.2, -0.15) is 13.2 Å². The molecule has 0 spiro atoms. The van der Waals surface area contributed by atoms with Crippen molar-refractivity contribution in [1.29, 1.82) is 0 Å². The highest BCUT2D eigenvalue weighted by Crippen LogP contribution is 2.27. The molecule has 0 saturated heterocycles. The van der Waals surface area contributed by atoms with Gasteiger partial charge in [-0.05, 0) is 25.2 Å². The van der Waals surface area contributed by atoms with Crippen LogP contribution in [0.25, 0.3) is 0 Å². The van der Waals surface area contributed by atoms with Crippen LogP contribution in [0.4, 0.5) is 13.2 Å². The maximum absolute atomic E-state index is 11.9. The molecule has 1 aliphatic rings. The molecule has 0 heterocycles. The molecule has 0 aliphatic heterocycles. The number of hydrogen-bond donors (Lipinski definition) is 1. The normalized spacial score (nSPS) is 25.2. The summed E-state index contributed by atoms with van der Waals surface area (Å²) in [5.74, 6) is -0.218. The van der Waals surface area contributed by atoms with Crippen LogP contribution in [0.3, 0.4) is 0 Å². The number of rotatable bonds is 6. The highest BCUT2D eigenvalue weighted by Gasteiger charge is 2.31. The first-order valence-electron chi connectivity index (χ1n) is 5.86. The second kappa shape index (κ2) is 5.75. The number of nitrogens with two attached hydrogens (primary N) is 1. The molecule has 1 aliphatic carbocycles. The highest BCUT2D eigenvalue weighted by molar-refractivity contribution is 7.89. The van der Waals surface area contributed by atoms with Gasteiger partial charge in [0.15, 0.2) is 0 Å². The molecule has 108 valence electrons. The fraction of sp³-hybridized carbons (Fsp3) is 1.00. The fourth-order valence-corrected chi connectivity index (χ4v) is 3.28. The van der Waals surface area contributed by atoms with E-state index in [1.165, 1.54) is 7.05 Å². The Balaban J connectivity index is 2.33. The lowest BCUT2D eigenvalue weighted by Crippen LogP contribution is -2.43. The summed E-state index contributed by atoms with van der Waals surface area (Å²) in [6, 6.07) is 0.135. The van der Waals surface area contributed by atoms with Crippen molar-refractivity contribution < 1.29 is 21.6 Å². The van der Waals surface area contributed by atoms with Crippen molar-refractivity contribution in [3.63, 3.8) is 0 Å². The Labute approximate surface area is 105 Å². The van der Waals surface area contributed by atoms with Crippen LogP contribution in [0.1, 0.15) is 25.7 Å². The summed E-state index contributed by atoms with van der Waals surface area (Å²) in [4.78, 5) is 0. The van der Waals surface area contributed by atoms with Gasteiger partial charge in [0, 0.05) is 26.1 Å². The van der Waals surface area contributed by atoms with Crippen molar-refractivity contribution in [2.45, 2.75) is 37.9 Å². The Hall–Kier alpha value is -0.340. The van der Waals surface area contributed by atoms with Crippen molar-refractivity contribution in [3.05, 3.63) is 0 Å². The second-order valence-electron chi connectivity index (χ2n) is 4.91. The van der Waals surface area contributed by atoms with Crippen LogP contribution in [0.2, 0.25) is 0 Å². The van der Waals surface area contributed by atoms with Gasteiger partial charge >= 0.3 is 6.18 Å². The lowest BCUT2D eigenvalue weighted by Gasteiger charge is -2.34. The van der Waals surface area contributed by atoms with Crippen LogP contribution in [0.5, 0.6) is 0 Å². The van der Waals surface area contributed by atoms with Gasteiger partial charge < -0.3 is 5.73 Å². The molecule has 4 nitrogen and oxygen atoms in total. The molecule has 0 atom stereocenters. The minimum atomic E-state index is -4.30. The van der Waals surface area contributed by atoms with Crippen LogP contribution >= 0.6 is 0 Å². The highest BCUT2D eigenvalue weighted by atomic mass is 32.2. The molecule has 8 heteroatoms. The van der Waals surface area contributed by atoms with E-state index in [1.807, 2.05) is 0 Å². The Kier molecular flexibility index (Phi) is 5.02. The van der Waals surface area contributed by atoms with E-state index in [1.54, 1.807) is 0 Å². The minimum absolute atomic E-state index is 0.135. The number of hydrogen-bond acceptors (Lipinski definition) is 3. The molecule has 0 aromatic carbocycles. The molecule has 1 fully saturated rings. The third-order valence-electron chi connectivity index (χ3n) is 3.12. The third kappa shape index (κ3) is 5.11. The monoisotopic (exact) mass is 288 g/mol. The smallest absolute Gasteiger partial charge is 0.328 e. The summed E-state index contributed by atoms with van der Waals surface area (Å²) >= 11 is 0. The second-order valence-corrected chi connectivity index (χ2v) is 7.11. The van der Waals surface area contributed by atoms with Crippen molar-refractivity contribution in [1.82, 2.24) is 4.31 Å². The Morgan fingerprint density at radius 1 is 1.33 bits per heavy atom. The number of nitrogens with zero attached hydrogens (tertiary/aromatic N) is 1. The average molecular weight is 288 g/mol. The number of alkyl halides is 3. The fourth-order valence-electron chi connectivity index (χ4n) is 2.02. The third-order valence-corrected chi connectivity index (χ3v) is 5.03. The van der Waals surface area contributed by atoms with Crippen molar-refractivity contribution in [2.75, 3.05) is 19.3 Å². The van der Waals surface area contributed by atoms with Crippen molar-refractivity contribution >= 4 is 10.0 Å². The molecule has 0 amide bonds. The first-order chi connectivity index (χ1) is 8.10. The Morgan fingerprint density at radius 3 is 2.33 bits per heavy atom. The van der Waals surface area contributed by atoms with Crippen LogP contribution in [-0.4, -0.2) is 44.3 Å². The summed E-state index contributed by atoms with van der Waals surface area (Å²) in [7, 11) is -2.17. The predicted molar refractivity (Wildman–Crippen MR) is 62.4 cm³/mol. The van der Waals surface area contributed by atoms with Gasteiger partial charge in [0.1, 0.15) is 0 Å². The lowest BCUT2D eigenvalue weighted by atomic mass is 9.81. The summed E-state index contributed by atoms with van der Waals surface area (Å²) in [6.45, 7) is 0.349. The summed E-state index contributed by atoms with van der Waals surface area (Å²) in [5, 5.41) is 0. The molecule has 1 saturated carbocycles. The SMILES string of the molecule is CN(CC1CC(N)C1)S(=O)(=O)CCCC(F)(F)F. The minimum Gasteiger partial charge on any atom is -0.328 e. The van der Waals surface area contributed by atoms with Crippen LogP contribution < -0.4 is 5.73 Å². The van der Waals surface area contributed by atoms with Crippen molar-refractivity contribution in [3.8, 4) is 0 Å². The van der Waals surface area contributed by atoms with E-state index in [0.717, 1.165) is 17.1 Å². The number of sulfonamides is 1. The molecule has 0 bridgehead atoms. The van der Waals surface area contributed by atoms with E-state index in [4.69, 9.17) is 5.73 Å². The molecule has 0 aromatic rings. The largest absolute Gasteiger partial charge is 0.389 e. The Morgan fingerprint density at radius 2 is 1.89 bits per heavy atom. The Bertz CT molecular complexity index is 364. The van der Waals surface area contributed by atoms with Gasteiger partial charge in [-0.1, -0.05) is 0 Å². The topological polar surface area (TPSA) is 63.4 Å². The van der Waals surface area contributed by atoms with E-state index < -0.39 is 28.4 Å². The molecule has 2 N–H and O–H groups in total. The summed E-state index contributed by atoms with van der Waals surface area (Å²) in [5.41, 5.74) is 5.59. The van der Waals surface area contributed by atoms with E-state index in [-0.39, 0.29) is 18.4 Å². The molecule has 0 unspecified atom stereocenters. The first kappa shape index (κ1) is 15.7. The van der Waals surface area contributed by atoms with Gasteiger partial charge in [-0.3, -0.25) is 0 Å². The molecular weight excluding hydrogens is 269 g/mol. The van der Waals surface area contributed by atoms with Crippen LogP contribution in [0, 0.1) is 5.92 Å². The van der Waals surface area contributed by atoms with Gasteiger partial charge in [0.05, 0.1) is 5.75 Å². The first-order valence-corrected chi connectivity index (χ1v) is 7.47. The number of halogens is 3. The van der Waals surface area contributed by atoms with Gasteiger partial charge in [0.25, 0.3) is 0 Å². The molecule has 18 heavy (non-hydrogen) atoms. The van der Waals surface area contributed by atoms with E-state index in [9.17, 15) is 21.6 Å². The maximum Gasteiger partial charge on any atom is 0.389 e. The van der Waals surface area contributed by atoms with E-state index >= 15 is 0 Å². The van der Waals surface area contributed by atoms with Gasteiger partial charge in [-0.25, -0.2) is 12.7 Å². The molecule has 0 radical (unpaired) electrons. The summed E-state index contributed by atoms with van der Waals surface area (Å²) < 4.78 is 60.3. The standard InChI is InChI=1S/C10H19F3N2O2S/c1-15(7-8-5-9(14)6-8)18(16,17)4-2-3-10(11,12)13/h8-9H,2-7,14H2,1H3. The maximum atomic E-state index is 11.9. The van der Waals surface area contributed by atoms with E-state index in [0.29, 0.717) is 6.54 Å². The van der Waals surface area contributed by atoms with Crippen LogP contribution in [0.15, 0.2) is 0 Å². The average Bonchev–Trinajstić information content (AvgIpc) is 2.12. The zero-order valence-electron chi connectivity index (χ0n) is 10.3. The quantitative estimate of drug-likeness (QED) is 0.802. The summed E-state index contributed by atoms with van der Waals surface area (Å²) in [6.07, 6.45) is -4.19. The molecule has 0 aromatic heterocycles. The van der Waals surface area contributed by atoms with Crippen molar-refractivity contribution in [2.24, 2.45) is 11.7 Å². The lowest BCUT2D eigenvalue weighted by molar-refractivity contribution is -0.134. The molecule has 1 rings (SSSR count). The van der Waals surface area contributed by atoms with E-state index in [2.05, 4.69) is 0 Å². The van der Waals surface area contributed by atoms with Gasteiger partial charge in [-0.15, -0.1) is 0 Å². The van der Waals surface area contributed by atoms with Gasteiger partial charge in [0.2, 0.25) is 10.0 Å².